The van der Waals surface area contributed by atoms with Gasteiger partial charge in [0, 0.05) is 16.2 Å². The molecular formula is C25H27NO4S. The highest BCUT2D eigenvalue weighted by Crippen LogP contribution is 2.19. The lowest BCUT2D eigenvalue weighted by Gasteiger charge is -2.15. The molecular weight excluding hydrogens is 410 g/mol. The number of nitrogens with one attached hydrogen (secondary N) is 1. The third-order valence-electron chi connectivity index (χ3n) is 4.42. The fraction of sp³-hybridized carbons (Fsp3) is 0.240. The first-order valence-corrected chi connectivity index (χ1v) is 11.1. The highest BCUT2D eigenvalue weighted by atomic mass is 32.2. The van der Waals surface area contributed by atoms with E-state index in [4.69, 9.17) is 14.2 Å². The number of carbonyl (C=O) groups is 1. The smallest absolute Gasteiger partial charge is 0.251 e. The predicted molar refractivity (Wildman–Crippen MR) is 125 cm³/mol. The largest absolute Gasteiger partial charge is 0.497 e. The lowest BCUT2D eigenvalue weighted by molar-refractivity contribution is 0.0926. The highest BCUT2D eigenvalue weighted by Gasteiger charge is 2.11. The van der Waals surface area contributed by atoms with Gasteiger partial charge in [-0.1, -0.05) is 18.2 Å². The molecule has 162 valence electrons. The van der Waals surface area contributed by atoms with E-state index in [2.05, 4.69) is 17.4 Å². The normalized spacial score (nSPS) is 11.4. The van der Waals surface area contributed by atoms with Crippen LogP contribution in [0.2, 0.25) is 0 Å². The van der Waals surface area contributed by atoms with Crippen molar-refractivity contribution in [2.24, 2.45) is 0 Å². The number of hydrogen-bond acceptors (Lipinski definition) is 5. The van der Waals surface area contributed by atoms with Crippen LogP contribution in [0.3, 0.4) is 0 Å². The van der Waals surface area contributed by atoms with Crippen LogP contribution in [-0.2, 0) is 0 Å². The SMILES string of the molecule is COc1ccc(OC[C@H](C)NC(=O)c2ccc(OCCSc3ccccc3)cc2)cc1. The first-order valence-electron chi connectivity index (χ1n) is 10.1. The summed E-state index contributed by atoms with van der Waals surface area (Å²) in [5.74, 6) is 2.97. The molecule has 1 N–H and O–H groups in total. The third-order valence-corrected chi connectivity index (χ3v) is 5.39. The molecule has 0 saturated carbocycles. The molecule has 0 bridgehead atoms. The predicted octanol–water partition coefficient (Wildman–Crippen LogP) is 5.06. The van der Waals surface area contributed by atoms with Crippen LogP contribution in [0.25, 0.3) is 0 Å². The van der Waals surface area contributed by atoms with Crippen LogP contribution in [0.15, 0.2) is 83.8 Å². The number of methoxy groups -OCH3 is 1. The molecule has 0 fully saturated rings. The molecule has 0 aliphatic rings. The maximum Gasteiger partial charge on any atom is 0.251 e. The Morgan fingerprint density at radius 1 is 0.871 bits per heavy atom. The summed E-state index contributed by atoms with van der Waals surface area (Å²) in [6.45, 7) is 2.88. The number of carbonyl (C=O) groups excluding carboxylic acids is 1. The topological polar surface area (TPSA) is 56.8 Å². The van der Waals surface area contributed by atoms with E-state index in [1.54, 1.807) is 31.0 Å². The first kappa shape index (κ1) is 22.6. The molecule has 3 aromatic carbocycles. The zero-order chi connectivity index (χ0) is 21.9. The number of rotatable bonds is 11. The Labute approximate surface area is 187 Å². The lowest BCUT2D eigenvalue weighted by atomic mass is 10.2. The zero-order valence-corrected chi connectivity index (χ0v) is 18.6. The first-order chi connectivity index (χ1) is 15.1. The monoisotopic (exact) mass is 437 g/mol. The average Bonchev–Trinajstić information content (AvgIpc) is 2.82. The van der Waals surface area contributed by atoms with Crippen molar-refractivity contribution in [2.75, 3.05) is 26.1 Å². The molecule has 0 saturated heterocycles. The van der Waals surface area contributed by atoms with Gasteiger partial charge >= 0.3 is 0 Å². The summed E-state index contributed by atoms with van der Waals surface area (Å²) in [7, 11) is 1.62. The van der Waals surface area contributed by atoms with E-state index in [1.807, 2.05) is 61.5 Å². The molecule has 1 amide bonds. The summed E-state index contributed by atoms with van der Waals surface area (Å²) >= 11 is 1.75. The van der Waals surface area contributed by atoms with Crippen molar-refractivity contribution in [3.63, 3.8) is 0 Å². The van der Waals surface area contributed by atoms with Crippen LogP contribution in [0, 0.1) is 0 Å². The Kier molecular flexibility index (Phi) is 8.67. The van der Waals surface area contributed by atoms with Gasteiger partial charge in [-0.15, -0.1) is 11.8 Å². The van der Waals surface area contributed by atoms with Crippen molar-refractivity contribution in [1.82, 2.24) is 5.32 Å². The fourth-order valence-electron chi connectivity index (χ4n) is 2.78. The van der Waals surface area contributed by atoms with Crippen molar-refractivity contribution in [3.05, 3.63) is 84.4 Å². The van der Waals surface area contributed by atoms with E-state index in [0.717, 1.165) is 23.0 Å². The second kappa shape index (κ2) is 11.9. The summed E-state index contributed by atoms with van der Waals surface area (Å²) in [4.78, 5) is 13.7. The van der Waals surface area contributed by atoms with Crippen molar-refractivity contribution in [1.29, 1.82) is 0 Å². The minimum atomic E-state index is -0.142. The Morgan fingerprint density at radius 2 is 1.48 bits per heavy atom. The molecule has 0 spiro atoms. The maximum absolute atomic E-state index is 12.5. The number of amides is 1. The molecule has 1 atom stereocenters. The van der Waals surface area contributed by atoms with Gasteiger partial charge < -0.3 is 19.5 Å². The Balaban J connectivity index is 1.38. The van der Waals surface area contributed by atoms with E-state index in [-0.39, 0.29) is 11.9 Å². The fourth-order valence-corrected chi connectivity index (χ4v) is 3.53. The molecule has 0 aliphatic carbocycles. The molecule has 3 rings (SSSR count). The average molecular weight is 438 g/mol. The quantitative estimate of drug-likeness (QED) is 0.336. The summed E-state index contributed by atoms with van der Waals surface area (Å²) in [6, 6.07) is 24.6. The molecule has 6 heteroatoms. The number of ether oxygens (including phenoxy) is 3. The molecule has 0 radical (unpaired) electrons. The van der Waals surface area contributed by atoms with E-state index in [1.165, 1.54) is 4.90 Å². The Hall–Kier alpha value is -3.12. The van der Waals surface area contributed by atoms with Crippen molar-refractivity contribution < 1.29 is 19.0 Å². The van der Waals surface area contributed by atoms with Crippen LogP contribution in [0.4, 0.5) is 0 Å². The summed E-state index contributed by atoms with van der Waals surface area (Å²) in [6.07, 6.45) is 0. The van der Waals surface area contributed by atoms with E-state index in [0.29, 0.717) is 18.8 Å². The Morgan fingerprint density at radius 3 is 2.16 bits per heavy atom. The summed E-state index contributed by atoms with van der Waals surface area (Å²) < 4.78 is 16.6. The molecule has 0 aromatic heterocycles. The van der Waals surface area contributed by atoms with Gasteiger partial charge in [-0.2, -0.15) is 0 Å². The van der Waals surface area contributed by atoms with Gasteiger partial charge in [-0.05, 0) is 67.6 Å². The second-order valence-corrected chi connectivity index (χ2v) is 8.06. The van der Waals surface area contributed by atoms with Gasteiger partial charge in [-0.25, -0.2) is 0 Å². The van der Waals surface area contributed by atoms with E-state index < -0.39 is 0 Å². The molecule has 0 heterocycles. The zero-order valence-electron chi connectivity index (χ0n) is 17.7. The van der Waals surface area contributed by atoms with Crippen LogP contribution in [-0.4, -0.2) is 38.0 Å². The van der Waals surface area contributed by atoms with Crippen molar-refractivity contribution in [3.8, 4) is 17.2 Å². The van der Waals surface area contributed by atoms with E-state index >= 15 is 0 Å². The van der Waals surface area contributed by atoms with Crippen LogP contribution < -0.4 is 19.5 Å². The minimum Gasteiger partial charge on any atom is -0.497 e. The van der Waals surface area contributed by atoms with Gasteiger partial charge in [0.15, 0.2) is 0 Å². The molecule has 5 nitrogen and oxygen atoms in total. The van der Waals surface area contributed by atoms with Gasteiger partial charge in [0.1, 0.15) is 23.9 Å². The molecule has 31 heavy (non-hydrogen) atoms. The standard InChI is InChI=1S/C25H27NO4S/c1-19(18-30-23-14-12-21(28-2)13-15-23)26-25(27)20-8-10-22(11-9-20)29-16-17-31-24-6-4-3-5-7-24/h3-15,19H,16-18H2,1-2H3,(H,26,27)/t19-/m0/s1. The van der Waals surface area contributed by atoms with Gasteiger partial charge in [-0.3, -0.25) is 4.79 Å². The molecule has 0 aliphatic heterocycles. The minimum absolute atomic E-state index is 0.138. The van der Waals surface area contributed by atoms with Gasteiger partial charge in [0.25, 0.3) is 5.91 Å². The Bertz CT molecular complexity index is 930. The van der Waals surface area contributed by atoms with Crippen LogP contribution in [0.1, 0.15) is 17.3 Å². The number of hydrogen-bond donors (Lipinski definition) is 1. The van der Waals surface area contributed by atoms with E-state index in [9.17, 15) is 4.79 Å². The van der Waals surface area contributed by atoms with Gasteiger partial charge in [0.2, 0.25) is 0 Å². The summed E-state index contributed by atoms with van der Waals surface area (Å²) in [5.41, 5.74) is 0.585. The lowest BCUT2D eigenvalue weighted by Crippen LogP contribution is -2.36. The van der Waals surface area contributed by atoms with Crippen LogP contribution in [0.5, 0.6) is 17.2 Å². The van der Waals surface area contributed by atoms with Crippen molar-refractivity contribution in [2.45, 2.75) is 17.9 Å². The molecule has 0 unspecified atom stereocenters. The highest BCUT2D eigenvalue weighted by molar-refractivity contribution is 7.99. The number of thioether (sulfide) groups is 1. The maximum atomic E-state index is 12.5. The van der Waals surface area contributed by atoms with Gasteiger partial charge in [0.05, 0.1) is 19.8 Å². The van der Waals surface area contributed by atoms with Crippen LogP contribution >= 0.6 is 11.8 Å². The van der Waals surface area contributed by atoms with Crippen molar-refractivity contribution >= 4 is 17.7 Å². The summed E-state index contributed by atoms with van der Waals surface area (Å²) in [5, 5.41) is 2.95. The number of benzene rings is 3. The second-order valence-electron chi connectivity index (χ2n) is 6.90. The third kappa shape index (κ3) is 7.57. The molecule has 3 aromatic rings.